The number of piperazine rings is 2. The maximum absolute atomic E-state index is 14.3. The molecule has 0 aliphatic carbocycles. The number of halogens is 6. The van der Waals surface area contributed by atoms with Crippen LogP contribution < -0.4 is 20.9 Å². The Balaban J connectivity index is 0.000000198. The first kappa shape index (κ1) is 58.3. The molecule has 82 heavy (non-hydrogen) atoms. The van der Waals surface area contributed by atoms with Crippen LogP contribution in [0.5, 0.6) is 11.5 Å². The van der Waals surface area contributed by atoms with Crippen LogP contribution in [-0.4, -0.2) is 150 Å². The van der Waals surface area contributed by atoms with E-state index >= 15 is 0 Å². The Labute approximate surface area is 468 Å². The lowest BCUT2D eigenvalue weighted by molar-refractivity contribution is -0.144. The van der Waals surface area contributed by atoms with Crippen molar-refractivity contribution in [1.29, 1.82) is 0 Å². The fourth-order valence-electron chi connectivity index (χ4n) is 11.0. The number of aromatic nitrogens is 6. The Kier molecular flexibility index (Phi) is 16.8. The van der Waals surface area contributed by atoms with Crippen LogP contribution in [0.2, 0.25) is 0 Å². The van der Waals surface area contributed by atoms with Crippen LogP contribution in [0.25, 0.3) is 33.8 Å². The number of nitrogens with two attached hydrogens (primary N) is 2. The zero-order chi connectivity index (χ0) is 58.9. The molecule has 10 rings (SSSR count). The minimum absolute atomic E-state index is 0.0138. The first-order valence-electron chi connectivity index (χ1n) is 26.3. The number of benzene rings is 4. The second-order valence-electron chi connectivity index (χ2n) is 20.3. The number of fused-ring (bicyclic) bond motifs is 2. The molecule has 4 aromatic heterocycles. The number of rotatable bonds is 12. The quantitative estimate of drug-likeness (QED) is 0.0668. The molecule has 0 spiro atoms. The average molecular weight is 1140 g/mol. The molecule has 0 radical (unpaired) electrons. The third-order valence-corrected chi connectivity index (χ3v) is 15.2. The Hall–Kier alpha value is -8.32. The lowest BCUT2D eigenvalue weighted by atomic mass is 10.0. The normalized spacial score (nSPS) is 17.1. The van der Waals surface area contributed by atoms with Crippen molar-refractivity contribution in [2.24, 2.45) is 0 Å². The van der Waals surface area contributed by atoms with E-state index in [9.17, 15) is 46.1 Å². The van der Waals surface area contributed by atoms with E-state index in [0.717, 1.165) is 23.5 Å². The summed E-state index contributed by atoms with van der Waals surface area (Å²) < 4.78 is 97.6. The van der Waals surface area contributed by atoms with Gasteiger partial charge in [-0.2, -0.15) is 36.5 Å². The topological polar surface area (TPSA) is 218 Å². The third-order valence-electron chi connectivity index (χ3n) is 15.2. The number of aliphatic hydroxyl groups is 2. The van der Waals surface area contributed by atoms with Crippen molar-refractivity contribution in [3.8, 4) is 34.0 Å². The fourth-order valence-corrected chi connectivity index (χ4v) is 11.0. The van der Waals surface area contributed by atoms with Gasteiger partial charge in [0.15, 0.2) is 22.7 Å². The van der Waals surface area contributed by atoms with Gasteiger partial charge in [0.1, 0.15) is 22.6 Å². The third kappa shape index (κ3) is 11.6. The number of ether oxygens (including phenoxy) is 2. The van der Waals surface area contributed by atoms with E-state index in [1.54, 1.807) is 70.5 Å². The molecule has 2 amide bonds. The smallest absolute Gasteiger partial charge is 0.433 e. The van der Waals surface area contributed by atoms with Gasteiger partial charge in [-0.15, -0.1) is 0 Å². The number of carbonyl (C=O) groups is 2. The standard InChI is InChI=1S/2C29H31F3N6O3/c2*1-17-15-36(24(16-39)20-5-4-6-21(33)13-20)11-12-37(17)28(40)23-14-34-38-26(29(30,31)32)18(2)25(35-27(23)38)19-7-9-22(41-3)10-8-19/h2*4-10,13-14,17,24,39H,11-12,15-16,33H2,1-3H3/t17-,24+;17-,24-/m11/s1. The molecule has 432 valence electrons. The largest absolute Gasteiger partial charge is 0.497 e. The molecule has 0 unspecified atom stereocenters. The highest BCUT2D eigenvalue weighted by molar-refractivity contribution is 6.01. The molecule has 0 saturated carbocycles. The summed E-state index contributed by atoms with van der Waals surface area (Å²) in [5.74, 6) is 0.190. The van der Waals surface area contributed by atoms with Crippen molar-refractivity contribution in [1.82, 2.24) is 48.8 Å². The molecular weight excluding hydrogens is 1070 g/mol. The lowest BCUT2D eigenvalue weighted by Crippen LogP contribution is -2.55. The molecule has 8 aromatic rings. The monoisotopic (exact) mass is 1140 g/mol. The summed E-state index contributed by atoms with van der Waals surface area (Å²) >= 11 is 0. The molecule has 2 aliphatic rings. The van der Waals surface area contributed by atoms with Crippen molar-refractivity contribution < 1.29 is 55.6 Å². The van der Waals surface area contributed by atoms with Gasteiger partial charge in [-0.25, -0.2) is 19.0 Å². The van der Waals surface area contributed by atoms with Gasteiger partial charge in [0.2, 0.25) is 0 Å². The van der Waals surface area contributed by atoms with Crippen LogP contribution in [0.1, 0.15) is 80.3 Å². The van der Waals surface area contributed by atoms with Crippen molar-refractivity contribution in [3.63, 3.8) is 0 Å². The number of alkyl halides is 6. The lowest BCUT2D eigenvalue weighted by Gasteiger charge is -2.43. The number of anilines is 2. The molecule has 6 heterocycles. The Morgan fingerprint density at radius 3 is 1.27 bits per heavy atom. The molecule has 6 N–H and O–H groups in total. The number of methoxy groups -OCH3 is 2. The van der Waals surface area contributed by atoms with Gasteiger partial charge in [0.25, 0.3) is 11.8 Å². The highest BCUT2D eigenvalue weighted by Crippen LogP contribution is 2.40. The van der Waals surface area contributed by atoms with E-state index in [-0.39, 0.29) is 82.3 Å². The summed E-state index contributed by atoms with van der Waals surface area (Å²) in [7, 11) is 3.00. The number of hydrogen-bond acceptors (Lipinski definition) is 14. The number of carbonyl (C=O) groups excluding carboxylic acids is 2. The minimum Gasteiger partial charge on any atom is -0.497 e. The first-order chi connectivity index (χ1) is 39.1. The Morgan fingerprint density at radius 2 is 0.963 bits per heavy atom. The fraction of sp³-hybridized carbons (Fsp3) is 0.345. The zero-order valence-electron chi connectivity index (χ0n) is 45.8. The van der Waals surface area contributed by atoms with E-state index in [0.29, 0.717) is 82.3 Å². The van der Waals surface area contributed by atoms with Crippen molar-refractivity contribution in [2.45, 2.75) is 64.2 Å². The van der Waals surface area contributed by atoms with E-state index < -0.39 is 35.6 Å². The van der Waals surface area contributed by atoms with Gasteiger partial charge in [-0.1, -0.05) is 24.3 Å². The molecule has 24 heteroatoms. The summed E-state index contributed by atoms with van der Waals surface area (Å²) in [6.45, 7) is 8.57. The summed E-state index contributed by atoms with van der Waals surface area (Å²) in [4.78, 5) is 44.0. The van der Waals surface area contributed by atoms with Crippen LogP contribution in [0, 0.1) is 13.8 Å². The number of nitrogen functional groups attached to an aromatic ring is 2. The first-order valence-corrected chi connectivity index (χ1v) is 26.3. The maximum Gasteiger partial charge on any atom is 0.433 e. The molecule has 2 saturated heterocycles. The van der Waals surface area contributed by atoms with Crippen LogP contribution in [0.4, 0.5) is 37.7 Å². The van der Waals surface area contributed by atoms with Gasteiger partial charge in [-0.05, 0) is 112 Å². The van der Waals surface area contributed by atoms with Crippen molar-refractivity contribution in [3.05, 3.63) is 154 Å². The molecule has 18 nitrogen and oxygen atoms in total. The molecule has 0 bridgehead atoms. The van der Waals surface area contributed by atoms with Gasteiger partial charge >= 0.3 is 12.4 Å². The number of nitrogens with zero attached hydrogens (tertiary/aromatic N) is 10. The number of aliphatic hydroxyl groups excluding tert-OH is 2. The van der Waals surface area contributed by atoms with Gasteiger partial charge in [0.05, 0.1) is 63.3 Å². The zero-order valence-corrected chi connectivity index (χ0v) is 45.8. The summed E-state index contributed by atoms with van der Waals surface area (Å²) in [5, 5.41) is 28.2. The summed E-state index contributed by atoms with van der Waals surface area (Å²) in [6.07, 6.45) is -7.17. The Morgan fingerprint density at radius 1 is 0.598 bits per heavy atom. The number of amides is 2. The van der Waals surface area contributed by atoms with Crippen LogP contribution >= 0.6 is 0 Å². The molecular formula is C58H62F6N12O6. The second-order valence-corrected chi connectivity index (χ2v) is 20.3. The van der Waals surface area contributed by atoms with Crippen LogP contribution in [-0.2, 0) is 12.4 Å². The SMILES string of the molecule is COc1ccc(-c2nc3c(C(=O)N4CCN([C@@H](CO)c5cccc(N)c5)C[C@H]4C)cnn3c(C(F)(F)F)c2C)cc1.COc1ccc(-c2nc3c(C(=O)N4CCN([C@H](CO)c5cccc(N)c5)C[C@H]4C)cnn3c(C(F)(F)F)c2C)cc1. The summed E-state index contributed by atoms with van der Waals surface area (Å²) in [5.41, 5.74) is 13.4. The maximum atomic E-state index is 14.3. The molecule has 2 aliphatic heterocycles. The van der Waals surface area contributed by atoms with Gasteiger partial charge in [0, 0.05) is 85.0 Å². The van der Waals surface area contributed by atoms with Crippen molar-refractivity contribution >= 4 is 34.5 Å². The van der Waals surface area contributed by atoms with Gasteiger partial charge in [-0.3, -0.25) is 19.4 Å². The second kappa shape index (κ2) is 23.6. The van der Waals surface area contributed by atoms with E-state index in [1.165, 1.54) is 28.1 Å². The molecule has 4 atom stereocenters. The Bertz CT molecular complexity index is 3380. The summed E-state index contributed by atoms with van der Waals surface area (Å²) in [6, 6.07) is 26.5. The van der Waals surface area contributed by atoms with Crippen LogP contribution in [0.15, 0.2) is 109 Å². The van der Waals surface area contributed by atoms with E-state index in [2.05, 4.69) is 30.0 Å². The highest BCUT2D eigenvalue weighted by Gasteiger charge is 2.42. The highest BCUT2D eigenvalue weighted by atomic mass is 19.4. The minimum atomic E-state index is -4.74. The van der Waals surface area contributed by atoms with Crippen LogP contribution in [0.3, 0.4) is 0 Å². The predicted octanol–water partition coefficient (Wildman–Crippen LogP) is 8.39. The molecule has 2 fully saturated rings. The van der Waals surface area contributed by atoms with E-state index in [4.69, 9.17) is 20.9 Å². The number of hydrogen-bond donors (Lipinski definition) is 4. The van der Waals surface area contributed by atoms with Gasteiger partial charge < -0.3 is 41.0 Å². The average Bonchev–Trinajstić information content (AvgIpc) is 4.13. The predicted molar refractivity (Wildman–Crippen MR) is 295 cm³/mol. The molecule has 4 aromatic carbocycles. The van der Waals surface area contributed by atoms with Crippen molar-refractivity contribution in [2.75, 3.05) is 78.2 Å². The van der Waals surface area contributed by atoms with E-state index in [1.807, 2.05) is 50.2 Å².